The number of nitrogens with one attached hydrogen (secondary N) is 1. The van der Waals surface area contributed by atoms with Crippen LogP contribution in [0.2, 0.25) is 0 Å². The number of hydrogen-bond donors (Lipinski definition) is 2. The molecule has 6 heteroatoms. The lowest BCUT2D eigenvalue weighted by atomic mass is 9.79. The van der Waals surface area contributed by atoms with Crippen LogP contribution < -0.4 is 11.1 Å². The predicted molar refractivity (Wildman–Crippen MR) is 64.3 cm³/mol. The van der Waals surface area contributed by atoms with E-state index in [-0.39, 0.29) is 31.0 Å². The molecule has 0 aliphatic heterocycles. The summed E-state index contributed by atoms with van der Waals surface area (Å²) in [6.07, 6.45) is 0.0464. The van der Waals surface area contributed by atoms with Gasteiger partial charge in [0.15, 0.2) is 0 Å². The predicted octanol–water partition coefficient (Wildman–Crippen LogP) is 1.15. The van der Waals surface area contributed by atoms with Crippen molar-refractivity contribution >= 4 is 5.91 Å². The largest absolute Gasteiger partial charge is 0.374 e. The molecule has 0 aromatic heterocycles. The second-order valence-electron chi connectivity index (χ2n) is 5.03. The Hall–Kier alpha value is -0.750. The molecular formula is C12H22F2N2O2. The molecule has 0 heterocycles. The van der Waals surface area contributed by atoms with E-state index in [9.17, 15) is 13.6 Å². The first-order valence-corrected chi connectivity index (χ1v) is 6.38. The highest BCUT2D eigenvalue weighted by atomic mass is 19.3. The van der Waals surface area contributed by atoms with Gasteiger partial charge in [0.25, 0.3) is 6.43 Å². The molecule has 3 atom stereocenters. The van der Waals surface area contributed by atoms with Gasteiger partial charge in [-0.05, 0) is 25.2 Å². The molecule has 0 aromatic carbocycles. The van der Waals surface area contributed by atoms with Crippen molar-refractivity contribution in [2.75, 3.05) is 19.8 Å². The first-order valence-electron chi connectivity index (χ1n) is 6.38. The summed E-state index contributed by atoms with van der Waals surface area (Å²) in [5.41, 5.74) is 5.87. The van der Waals surface area contributed by atoms with Gasteiger partial charge in [0.2, 0.25) is 5.91 Å². The van der Waals surface area contributed by atoms with E-state index in [0.29, 0.717) is 12.3 Å². The van der Waals surface area contributed by atoms with Gasteiger partial charge in [0.05, 0.1) is 6.61 Å². The molecule has 1 amide bonds. The molecule has 106 valence electrons. The number of amides is 1. The van der Waals surface area contributed by atoms with Crippen molar-refractivity contribution in [3.05, 3.63) is 0 Å². The molecule has 1 fully saturated rings. The van der Waals surface area contributed by atoms with Gasteiger partial charge in [-0.15, -0.1) is 0 Å². The number of hydrogen-bond acceptors (Lipinski definition) is 3. The summed E-state index contributed by atoms with van der Waals surface area (Å²) in [6, 6.07) is 0.0829. The molecule has 0 radical (unpaired) electrons. The standard InChI is InChI=1S/C12H22F2N2O2/c1-8-4-9(6-10(15)5-8)12(17)16-2-3-18-7-11(13)14/h8-11H,2-7,15H2,1H3,(H,16,17). The lowest BCUT2D eigenvalue weighted by Gasteiger charge is -2.30. The quantitative estimate of drug-likeness (QED) is 0.707. The fourth-order valence-electron chi connectivity index (χ4n) is 2.43. The zero-order chi connectivity index (χ0) is 13.5. The molecule has 3 unspecified atom stereocenters. The van der Waals surface area contributed by atoms with Gasteiger partial charge in [-0.3, -0.25) is 4.79 Å². The Balaban J connectivity index is 2.16. The summed E-state index contributed by atoms with van der Waals surface area (Å²) < 4.78 is 28.2. The molecule has 1 aliphatic carbocycles. The van der Waals surface area contributed by atoms with E-state index in [1.165, 1.54) is 0 Å². The van der Waals surface area contributed by atoms with Gasteiger partial charge >= 0.3 is 0 Å². The zero-order valence-corrected chi connectivity index (χ0v) is 10.7. The maximum Gasteiger partial charge on any atom is 0.261 e. The van der Waals surface area contributed by atoms with Crippen molar-refractivity contribution in [3.8, 4) is 0 Å². The van der Waals surface area contributed by atoms with Crippen molar-refractivity contribution in [3.63, 3.8) is 0 Å². The number of alkyl halides is 2. The van der Waals surface area contributed by atoms with Crippen LogP contribution in [0.1, 0.15) is 26.2 Å². The minimum absolute atomic E-state index is 0.0438. The third-order valence-corrected chi connectivity index (χ3v) is 3.14. The Bertz CT molecular complexity index is 254. The normalized spacial score (nSPS) is 28.4. The smallest absolute Gasteiger partial charge is 0.261 e. The molecule has 1 aliphatic rings. The number of carbonyl (C=O) groups is 1. The van der Waals surface area contributed by atoms with E-state index in [1.54, 1.807) is 0 Å². The number of nitrogens with two attached hydrogens (primary N) is 1. The molecule has 4 nitrogen and oxygen atoms in total. The lowest BCUT2D eigenvalue weighted by molar-refractivity contribution is -0.126. The minimum Gasteiger partial charge on any atom is -0.374 e. The number of carbonyl (C=O) groups excluding carboxylic acids is 1. The molecule has 1 rings (SSSR count). The first-order chi connectivity index (χ1) is 8.49. The van der Waals surface area contributed by atoms with Crippen LogP contribution >= 0.6 is 0 Å². The van der Waals surface area contributed by atoms with Crippen LogP contribution in [-0.2, 0) is 9.53 Å². The Morgan fingerprint density at radius 3 is 2.78 bits per heavy atom. The van der Waals surface area contributed by atoms with Crippen LogP contribution in [0.25, 0.3) is 0 Å². The van der Waals surface area contributed by atoms with Crippen LogP contribution in [0, 0.1) is 11.8 Å². The number of halogens is 2. The fraction of sp³-hybridized carbons (Fsp3) is 0.917. The van der Waals surface area contributed by atoms with Crippen molar-refractivity contribution < 1.29 is 18.3 Å². The highest BCUT2D eigenvalue weighted by Gasteiger charge is 2.28. The first kappa shape index (κ1) is 15.3. The Morgan fingerprint density at radius 1 is 1.44 bits per heavy atom. The Morgan fingerprint density at radius 2 is 2.17 bits per heavy atom. The molecule has 0 aromatic rings. The van der Waals surface area contributed by atoms with Crippen LogP contribution in [0.5, 0.6) is 0 Å². The molecule has 0 spiro atoms. The third kappa shape index (κ3) is 5.73. The second kappa shape index (κ2) is 7.63. The van der Waals surface area contributed by atoms with E-state index in [0.717, 1.165) is 12.8 Å². The summed E-state index contributed by atoms with van der Waals surface area (Å²) in [5, 5.41) is 2.70. The summed E-state index contributed by atoms with van der Waals surface area (Å²) in [6.45, 7) is 1.89. The molecule has 18 heavy (non-hydrogen) atoms. The van der Waals surface area contributed by atoms with E-state index in [2.05, 4.69) is 17.0 Å². The van der Waals surface area contributed by atoms with Crippen molar-refractivity contribution in [2.45, 2.75) is 38.7 Å². The van der Waals surface area contributed by atoms with E-state index in [4.69, 9.17) is 5.73 Å². The van der Waals surface area contributed by atoms with Gasteiger partial charge < -0.3 is 15.8 Å². The van der Waals surface area contributed by atoms with Gasteiger partial charge in [0.1, 0.15) is 6.61 Å². The average molecular weight is 264 g/mol. The molecule has 3 N–H and O–H groups in total. The van der Waals surface area contributed by atoms with Gasteiger partial charge in [0, 0.05) is 18.5 Å². The Kier molecular flexibility index (Phi) is 6.49. The topological polar surface area (TPSA) is 64.4 Å². The maximum atomic E-state index is 11.8. The highest BCUT2D eigenvalue weighted by Crippen LogP contribution is 2.27. The zero-order valence-electron chi connectivity index (χ0n) is 10.7. The minimum atomic E-state index is -2.46. The van der Waals surface area contributed by atoms with Gasteiger partial charge in [-0.25, -0.2) is 8.78 Å². The third-order valence-electron chi connectivity index (χ3n) is 3.14. The van der Waals surface area contributed by atoms with Crippen molar-refractivity contribution in [2.24, 2.45) is 17.6 Å². The van der Waals surface area contributed by atoms with Crippen LogP contribution in [0.4, 0.5) is 8.78 Å². The van der Waals surface area contributed by atoms with E-state index >= 15 is 0 Å². The van der Waals surface area contributed by atoms with Crippen LogP contribution in [-0.4, -0.2) is 38.1 Å². The van der Waals surface area contributed by atoms with E-state index in [1.807, 2.05) is 0 Å². The average Bonchev–Trinajstić information content (AvgIpc) is 2.26. The Labute approximate surface area is 106 Å². The number of rotatable bonds is 6. The molecule has 0 saturated heterocycles. The molecular weight excluding hydrogens is 242 g/mol. The second-order valence-corrected chi connectivity index (χ2v) is 5.03. The molecule has 0 bridgehead atoms. The monoisotopic (exact) mass is 264 g/mol. The van der Waals surface area contributed by atoms with Crippen LogP contribution in [0.15, 0.2) is 0 Å². The summed E-state index contributed by atoms with van der Waals surface area (Å²) in [4.78, 5) is 11.8. The lowest BCUT2D eigenvalue weighted by Crippen LogP contribution is -2.41. The van der Waals surface area contributed by atoms with Crippen molar-refractivity contribution in [1.29, 1.82) is 0 Å². The fourth-order valence-corrected chi connectivity index (χ4v) is 2.43. The van der Waals surface area contributed by atoms with Crippen molar-refractivity contribution in [1.82, 2.24) is 5.32 Å². The van der Waals surface area contributed by atoms with Gasteiger partial charge in [-0.1, -0.05) is 6.92 Å². The summed E-state index contributed by atoms with van der Waals surface area (Å²) in [7, 11) is 0. The number of ether oxygens (including phenoxy) is 1. The van der Waals surface area contributed by atoms with Crippen LogP contribution in [0.3, 0.4) is 0 Å². The summed E-state index contributed by atoms with van der Waals surface area (Å²) >= 11 is 0. The summed E-state index contributed by atoms with van der Waals surface area (Å²) in [5.74, 6) is 0.357. The maximum absolute atomic E-state index is 11.8. The van der Waals surface area contributed by atoms with Gasteiger partial charge in [-0.2, -0.15) is 0 Å². The van der Waals surface area contributed by atoms with E-state index < -0.39 is 13.0 Å². The molecule has 1 saturated carbocycles. The highest BCUT2D eigenvalue weighted by molar-refractivity contribution is 5.78. The SMILES string of the molecule is CC1CC(N)CC(C(=O)NCCOCC(F)F)C1.